The van der Waals surface area contributed by atoms with Gasteiger partial charge < -0.3 is 0 Å². The first-order chi connectivity index (χ1) is 17.0. The maximum absolute atomic E-state index is 6.30. The van der Waals surface area contributed by atoms with Crippen molar-refractivity contribution in [2.45, 2.75) is 25.2 Å². The zero-order chi connectivity index (χ0) is 24.0. The van der Waals surface area contributed by atoms with Gasteiger partial charge in [0.05, 0.1) is 0 Å². The smallest absolute Gasteiger partial charge is 0.0406 e. The Balaban J connectivity index is 1.57. The second kappa shape index (κ2) is 8.56. The Labute approximate surface area is 212 Å². The highest BCUT2D eigenvalue weighted by atomic mass is 35.5. The Morgan fingerprint density at radius 3 is 1.91 bits per heavy atom. The summed E-state index contributed by atoms with van der Waals surface area (Å²) in [6.07, 6.45) is 0. The fourth-order valence-corrected chi connectivity index (χ4v) is 5.86. The van der Waals surface area contributed by atoms with Gasteiger partial charge >= 0.3 is 0 Å². The minimum absolute atomic E-state index is 0.0363. The van der Waals surface area contributed by atoms with Crippen molar-refractivity contribution in [3.05, 3.63) is 154 Å². The molecule has 0 N–H and O–H groups in total. The normalized spacial score (nSPS) is 14.3. The van der Waals surface area contributed by atoms with Gasteiger partial charge in [0, 0.05) is 16.4 Å². The van der Waals surface area contributed by atoms with Gasteiger partial charge in [-0.3, -0.25) is 0 Å². The molecule has 1 unspecified atom stereocenters. The number of fused-ring (bicyclic) bond motifs is 3. The van der Waals surface area contributed by atoms with E-state index >= 15 is 0 Å². The van der Waals surface area contributed by atoms with E-state index in [4.69, 9.17) is 11.6 Å². The quantitative estimate of drug-likeness (QED) is 0.229. The van der Waals surface area contributed by atoms with Crippen molar-refractivity contribution in [2.24, 2.45) is 0 Å². The lowest BCUT2D eigenvalue weighted by molar-refractivity contribution is 0.659. The minimum Gasteiger partial charge on any atom is -0.0843 e. The van der Waals surface area contributed by atoms with Crippen LogP contribution in [0.4, 0.5) is 0 Å². The Hall–Kier alpha value is -3.61. The number of halogens is 1. The summed E-state index contributed by atoms with van der Waals surface area (Å²) < 4.78 is 0. The summed E-state index contributed by atoms with van der Waals surface area (Å²) >= 11 is 6.30. The van der Waals surface area contributed by atoms with Crippen molar-refractivity contribution in [1.29, 1.82) is 0 Å². The number of benzene rings is 5. The first-order valence-corrected chi connectivity index (χ1v) is 12.6. The summed E-state index contributed by atoms with van der Waals surface area (Å²) in [5.41, 5.74) is 11.8. The van der Waals surface area contributed by atoms with E-state index in [1.165, 1.54) is 50.1 Å². The van der Waals surface area contributed by atoms with Crippen LogP contribution >= 0.6 is 11.6 Å². The highest BCUT2D eigenvalue weighted by Gasteiger charge is 2.36. The lowest BCUT2D eigenvalue weighted by Crippen LogP contribution is -2.16. The van der Waals surface area contributed by atoms with E-state index in [0.717, 1.165) is 5.02 Å². The van der Waals surface area contributed by atoms with E-state index < -0.39 is 0 Å². The molecular weight excluding hydrogens is 444 g/mol. The second-order valence-electron chi connectivity index (χ2n) is 9.91. The van der Waals surface area contributed by atoms with Gasteiger partial charge in [0.2, 0.25) is 0 Å². The van der Waals surface area contributed by atoms with Crippen molar-refractivity contribution in [1.82, 2.24) is 0 Å². The molecule has 1 heteroatoms. The van der Waals surface area contributed by atoms with E-state index in [1.807, 2.05) is 12.1 Å². The van der Waals surface area contributed by atoms with Crippen LogP contribution in [0.3, 0.4) is 0 Å². The van der Waals surface area contributed by atoms with E-state index in [0.29, 0.717) is 0 Å². The van der Waals surface area contributed by atoms with Gasteiger partial charge in [0.15, 0.2) is 0 Å². The molecule has 1 aliphatic carbocycles. The van der Waals surface area contributed by atoms with Crippen molar-refractivity contribution in [3.63, 3.8) is 0 Å². The van der Waals surface area contributed by atoms with Gasteiger partial charge in [0.25, 0.3) is 0 Å². The standard InChI is InChI=1S/C34H27Cl/c1-34(2)31-15-9-8-13-28(31)29-21-18-25(22-32(29)34)33(24-16-19-26(35)20-17-24)30-14-7-6-12-27(30)23-10-4-3-5-11-23/h3-22,33H,1-2H3. The molecule has 0 amide bonds. The Kier molecular flexibility index (Phi) is 5.35. The number of rotatable bonds is 4. The second-order valence-corrected chi connectivity index (χ2v) is 10.3. The highest BCUT2D eigenvalue weighted by Crippen LogP contribution is 2.50. The predicted molar refractivity (Wildman–Crippen MR) is 148 cm³/mol. The zero-order valence-corrected chi connectivity index (χ0v) is 20.8. The predicted octanol–water partition coefficient (Wildman–Crippen LogP) is 9.49. The van der Waals surface area contributed by atoms with Crippen LogP contribution in [0.1, 0.15) is 47.6 Å². The van der Waals surface area contributed by atoms with Crippen molar-refractivity contribution < 1.29 is 0 Å². The SMILES string of the molecule is CC1(C)c2ccccc2-c2ccc(C(c3ccc(Cl)cc3)c3ccccc3-c3ccccc3)cc21. The van der Waals surface area contributed by atoms with Gasteiger partial charge in [0.1, 0.15) is 0 Å². The molecule has 1 atom stereocenters. The van der Waals surface area contributed by atoms with Crippen LogP contribution in [0.5, 0.6) is 0 Å². The van der Waals surface area contributed by atoms with Gasteiger partial charge in [-0.1, -0.05) is 135 Å². The zero-order valence-electron chi connectivity index (χ0n) is 20.0. The molecule has 35 heavy (non-hydrogen) atoms. The molecule has 6 rings (SSSR count). The number of hydrogen-bond donors (Lipinski definition) is 0. The molecule has 5 aromatic rings. The molecule has 0 aliphatic heterocycles. The van der Waals surface area contributed by atoms with Gasteiger partial charge in [-0.15, -0.1) is 0 Å². The molecule has 0 nitrogen and oxygen atoms in total. The highest BCUT2D eigenvalue weighted by molar-refractivity contribution is 6.30. The van der Waals surface area contributed by atoms with Crippen LogP contribution in [0.15, 0.2) is 121 Å². The third kappa shape index (κ3) is 3.70. The Bertz CT molecular complexity index is 1510. The molecule has 0 bridgehead atoms. The van der Waals surface area contributed by atoms with Gasteiger partial charge in [-0.2, -0.15) is 0 Å². The summed E-state index contributed by atoms with van der Waals surface area (Å²) in [6.45, 7) is 4.69. The minimum atomic E-state index is -0.0363. The van der Waals surface area contributed by atoms with Crippen LogP contribution in [-0.4, -0.2) is 0 Å². The van der Waals surface area contributed by atoms with E-state index in [1.54, 1.807) is 0 Å². The average Bonchev–Trinajstić information content (AvgIpc) is 3.13. The molecular formula is C34H27Cl. The molecule has 0 saturated heterocycles. The summed E-state index contributed by atoms with van der Waals surface area (Å²) in [5, 5.41) is 0.759. The largest absolute Gasteiger partial charge is 0.0843 e. The van der Waals surface area contributed by atoms with Crippen LogP contribution in [0.2, 0.25) is 5.02 Å². The van der Waals surface area contributed by atoms with E-state index in [2.05, 4.69) is 123 Å². The third-order valence-electron chi connectivity index (χ3n) is 7.50. The summed E-state index contributed by atoms with van der Waals surface area (Å²) in [6, 6.07) is 43.7. The lowest BCUT2D eigenvalue weighted by Gasteiger charge is -2.26. The maximum atomic E-state index is 6.30. The van der Waals surface area contributed by atoms with Crippen molar-refractivity contribution in [2.75, 3.05) is 0 Å². The summed E-state index contributed by atoms with van der Waals surface area (Å²) in [7, 11) is 0. The van der Waals surface area contributed by atoms with Gasteiger partial charge in [-0.25, -0.2) is 0 Å². The molecule has 0 spiro atoms. The van der Waals surface area contributed by atoms with E-state index in [9.17, 15) is 0 Å². The first-order valence-electron chi connectivity index (χ1n) is 12.2. The Morgan fingerprint density at radius 1 is 0.543 bits per heavy atom. The molecule has 0 radical (unpaired) electrons. The lowest BCUT2D eigenvalue weighted by atomic mass is 9.78. The molecule has 1 aliphatic rings. The topological polar surface area (TPSA) is 0 Å². The summed E-state index contributed by atoms with van der Waals surface area (Å²) in [5.74, 6) is 0.0912. The fourth-order valence-electron chi connectivity index (χ4n) is 5.74. The van der Waals surface area contributed by atoms with Crippen LogP contribution in [-0.2, 0) is 5.41 Å². The number of hydrogen-bond acceptors (Lipinski definition) is 0. The fraction of sp³-hybridized carbons (Fsp3) is 0.118. The maximum Gasteiger partial charge on any atom is 0.0406 e. The third-order valence-corrected chi connectivity index (χ3v) is 7.75. The van der Waals surface area contributed by atoms with Crippen LogP contribution in [0.25, 0.3) is 22.3 Å². The Morgan fingerprint density at radius 2 is 1.14 bits per heavy atom. The monoisotopic (exact) mass is 470 g/mol. The molecule has 0 aromatic heterocycles. The molecule has 0 saturated carbocycles. The van der Waals surface area contributed by atoms with Crippen LogP contribution < -0.4 is 0 Å². The summed E-state index contributed by atoms with van der Waals surface area (Å²) in [4.78, 5) is 0. The average molecular weight is 471 g/mol. The van der Waals surface area contributed by atoms with Crippen LogP contribution in [0, 0.1) is 0 Å². The first kappa shape index (κ1) is 21.9. The molecule has 5 aromatic carbocycles. The van der Waals surface area contributed by atoms with Crippen molar-refractivity contribution in [3.8, 4) is 22.3 Å². The molecule has 0 fully saturated rings. The van der Waals surface area contributed by atoms with Gasteiger partial charge in [-0.05, 0) is 62.2 Å². The molecule has 0 heterocycles. The van der Waals surface area contributed by atoms with E-state index in [-0.39, 0.29) is 11.3 Å². The molecule has 170 valence electrons. The van der Waals surface area contributed by atoms with Crippen molar-refractivity contribution >= 4 is 11.6 Å².